The van der Waals surface area contributed by atoms with Crippen LogP contribution in [0.1, 0.15) is 46.1 Å². The molecule has 5 atom stereocenters. The molecule has 0 amide bonds. The predicted octanol–water partition coefficient (Wildman–Crippen LogP) is 1.45. The quantitative estimate of drug-likeness (QED) is 0.594. The summed E-state index contributed by atoms with van der Waals surface area (Å²) in [4.78, 5) is 0. The lowest BCUT2D eigenvalue weighted by atomic mass is 9.90. The van der Waals surface area contributed by atoms with Gasteiger partial charge in [0, 0.05) is 7.76 Å². The molecule has 0 spiro atoms. The average molecular weight is 412 g/mol. The van der Waals surface area contributed by atoms with Crippen molar-refractivity contribution < 1.29 is 53.2 Å². The van der Waals surface area contributed by atoms with E-state index >= 15 is 0 Å². The van der Waals surface area contributed by atoms with Crippen molar-refractivity contribution in [2.24, 2.45) is 0 Å². The Morgan fingerprint density at radius 2 is 1.93 bits per heavy atom. The maximum Gasteiger partial charge on any atom is 0.118 e. The van der Waals surface area contributed by atoms with Gasteiger partial charge in [0.2, 0.25) is 0 Å². The molecule has 1 heterocycles. The summed E-state index contributed by atoms with van der Waals surface area (Å²) in [6.45, 7) is -1.80. The predicted molar refractivity (Wildman–Crippen MR) is 100.0 cm³/mol. The highest BCUT2D eigenvalue weighted by atomic mass is 35.5. The number of aliphatic hydroxyl groups excluding tert-OH is 1. The van der Waals surface area contributed by atoms with E-state index in [1.165, 1.54) is 0 Å². The minimum absolute atomic E-state index is 1.10. The van der Waals surface area contributed by atoms with Gasteiger partial charge < -0.3 is 29.9 Å². The standard InChI is InChI=1S/C20H23ClO6/c1-26-14-5-2-11(3-6-14)8-13-9-12(4-7-15(13)21)20-19(25)18(24)17(23)16(10-22)27-20/h2-7,9,16-20,22-25H,8,10H2,1H3/t16-,17-,18+,19-,20+/m1/s1/i1D3,2D,3D,4D,5D,6D,7D,8D2,9D,16D,17D,18D,19D,20D. The summed E-state index contributed by atoms with van der Waals surface area (Å²) < 4.78 is 147. The van der Waals surface area contributed by atoms with E-state index in [2.05, 4.69) is 4.74 Å². The Morgan fingerprint density at radius 3 is 2.59 bits per heavy atom. The van der Waals surface area contributed by atoms with E-state index in [0.717, 1.165) is 0 Å². The molecule has 2 aromatic rings. The third kappa shape index (κ3) is 4.27. The van der Waals surface area contributed by atoms with Gasteiger partial charge in [-0.15, -0.1) is 0 Å². The summed E-state index contributed by atoms with van der Waals surface area (Å²) >= 11 is 6.13. The van der Waals surface area contributed by atoms with Crippen LogP contribution in [0.3, 0.4) is 0 Å². The maximum absolute atomic E-state index is 10.9. The van der Waals surface area contributed by atoms with Crippen molar-refractivity contribution in [2.45, 2.75) is 36.8 Å². The molecule has 2 aromatic carbocycles. The third-order valence-electron chi connectivity index (χ3n) is 3.24. The van der Waals surface area contributed by atoms with Gasteiger partial charge in [0.25, 0.3) is 0 Å². The van der Waals surface area contributed by atoms with Crippen molar-refractivity contribution >= 4 is 11.6 Å². The molecule has 27 heavy (non-hydrogen) atoms. The summed E-state index contributed by atoms with van der Waals surface area (Å²) in [5, 5.41) is 40.4. The third-order valence-corrected chi connectivity index (χ3v) is 3.53. The highest BCUT2D eigenvalue weighted by Crippen LogP contribution is 2.34. The number of ether oxygens (including phenoxy) is 2. The minimum Gasteiger partial charge on any atom is -0.497 e. The van der Waals surface area contributed by atoms with Crippen molar-refractivity contribution in [1.29, 1.82) is 0 Å². The van der Waals surface area contributed by atoms with Crippen LogP contribution in [-0.4, -0.2) is 58.4 Å². The lowest BCUT2D eigenvalue weighted by Gasteiger charge is -2.40. The maximum atomic E-state index is 10.9. The van der Waals surface area contributed by atoms with Crippen LogP contribution < -0.4 is 4.74 Å². The van der Waals surface area contributed by atoms with Gasteiger partial charge in [0.1, 0.15) is 36.1 Å². The van der Waals surface area contributed by atoms with Crippen LogP contribution >= 0.6 is 11.6 Å². The van der Waals surface area contributed by atoms with Crippen LogP contribution in [0.25, 0.3) is 0 Å². The largest absolute Gasteiger partial charge is 0.497 e. The molecule has 4 N–H and O–H groups in total. The van der Waals surface area contributed by atoms with E-state index in [-0.39, 0.29) is 0 Å². The molecule has 0 radical (unpaired) electrons. The fourth-order valence-corrected chi connectivity index (χ4v) is 2.12. The summed E-state index contributed by atoms with van der Waals surface area (Å²) in [5.74, 6) is -1.10. The SMILES string of the molecule is [2H]c1c([2H])c([C@]2([2H])O[C@]([2H])(CO)[C@@]([2H])(O)[C@]([2H])(O)[C@@]2([2H])O)c([2H])c(C([2H])([2H])c2c([2H])c([2H])c(OC([2H])([2H])[2H])c([2H])c2[2H])c1Cl. The fraction of sp³-hybridized carbons (Fsp3) is 0.400. The van der Waals surface area contributed by atoms with Gasteiger partial charge >= 0.3 is 0 Å². The second-order valence-corrected chi connectivity index (χ2v) is 5.31. The molecule has 1 saturated heterocycles. The van der Waals surface area contributed by atoms with Crippen LogP contribution in [0.15, 0.2) is 42.3 Å². The smallest absolute Gasteiger partial charge is 0.118 e. The highest BCUT2D eigenvalue weighted by Gasteiger charge is 2.43. The van der Waals surface area contributed by atoms with E-state index in [1.54, 1.807) is 0 Å². The van der Waals surface area contributed by atoms with Gasteiger partial charge in [-0.05, 0) is 41.2 Å². The summed E-state index contributed by atoms with van der Waals surface area (Å²) in [6.07, 6.45) is -24.0. The van der Waals surface area contributed by atoms with Crippen molar-refractivity contribution in [2.75, 3.05) is 13.6 Å². The molecule has 1 aliphatic rings. The Kier molecular flexibility index (Phi) is 2.42. The lowest BCUT2D eigenvalue weighted by Crippen LogP contribution is -2.55. The fourth-order valence-electron chi connectivity index (χ4n) is 1.98. The number of rotatable bonds is 5. The van der Waals surface area contributed by atoms with Crippen molar-refractivity contribution in [3.05, 3.63) is 64.0 Å². The topological polar surface area (TPSA) is 99.4 Å². The van der Waals surface area contributed by atoms with Gasteiger partial charge in [0.15, 0.2) is 0 Å². The normalized spacial score (nSPS) is 51.8. The number of aliphatic hydroxyl groups is 4. The van der Waals surface area contributed by atoms with Crippen LogP contribution in [0.4, 0.5) is 0 Å². The molecule has 146 valence electrons. The first kappa shape index (κ1) is 7.63. The van der Waals surface area contributed by atoms with Crippen LogP contribution in [0.5, 0.6) is 5.75 Å². The van der Waals surface area contributed by atoms with Gasteiger partial charge in [-0.3, -0.25) is 0 Å². The summed E-state index contributed by atoms with van der Waals surface area (Å²) in [7, 11) is -3.26. The van der Waals surface area contributed by atoms with Gasteiger partial charge in [0.05, 0.1) is 34.2 Å². The second-order valence-electron chi connectivity index (χ2n) is 4.93. The summed E-state index contributed by atoms with van der Waals surface area (Å²) in [5.41, 5.74) is -4.10. The highest BCUT2D eigenvalue weighted by molar-refractivity contribution is 6.31. The van der Waals surface area contributed by atoms with E-state index in [9.17, 15) is 20.4 Å². The molecule has 0 saturated carbocycles. The zero-order chi connectivity index (χ0) is 34.5. The monoisotopic (exact) mass is 411 g/mol. The first-order chi connectivity index (χ1) is 19.5. The molecule has 1 aliphatic heterocycles. The van der Waals surface area contributed by atoms with Crippen LogP contribution in [0.2, 0.25) is 5.02 Å². The molecule has 0 unspecified atom stereocenters. The number of halogens is 1. The minimum atomic E-state index is -4.36. The molecule has 3 rings (SSSR count). The molecule has 0 bridgehead atoms. The van der Waals surface area contributed by atoms with Crippen molar-refractivity contribution in [3.63, 3.8) is 0 Å². The first-order valence-electron chi connectivity index (χ1n) is 15.6. The molecule has 6 nitrogen and oxygen atoms in total. The number of methoxy groups -OCH3 is 1. The van der Waals surface area contributed by atoms with Crippen molar-refractivity contribution in [3.8, 4) is 5.75 Å². The average Bonchev–Trinajstić information content (AvgIpc) is 2.86. The van der Waals surface area contributed by atoms with Crippen LogP contribution in [0, 0.1) is 0 Å². The Hall–Kier alpha value is -1.67. The summed E-state index contributed by atoms with van der Waals surface area (Å²) in [6, 6.07) is -9.12. The molecule has 7 heteroatoms. The van der Waals surface area contributed by atoms with E-state index in [4.69, 9.17) is 39.6 Å². The van der Waals surface area contributed by atoms with E-state index in [1.807, 2.05) is 0 Å². The Morgan fingerprint density at radius 1 is 1.19 bits per heavy atom. The van der Waals surface area contributed by atoms with E-state index < -0.39 is 120 Å². The van der Waals surface area contributed by atoms with Crippen LogP contribution in [-0.2, 0) is 11.1 Å². The molecular weight excluding hydrogens is 372 g/mol. The van der Waals surface area contributed by atoms with E-state index in [0.29, 0.717) is 0 Å². The van der Waals surface area contributed by atoms with Gasteiger partial charge in [-0.25, -0.2) is 0 Å². The van der Waals surface area contributed by atoms with Gasteiger partial charge in [-0.1, -0.05) is 35.8 Å². The Bertz CT molecular complexity index is 1500. The zero-order valence-electron chi connectivity index (χ0n) is 30.2. The van der Waals surface area contributed by atoms with Crippen molar-refractivity contribution in [1.82, 2.24) is 0 Å². The second kappa shape index (κ2) is 8.56. The lowest BCUT2D eigenvalue weighted by molar-refractivity contribution is -0.231. The Balaban J connectivity index is 2.49. The molecule has 1 fully saturated rings. The molecule has 0 aliphatic carbocycles. The zero-order valence-corrected chi connectivity index (χ0v) is 13.9. The molecular formula is C20H23ClO6. The number of hydrogen-bond donors (Lipinski definition) is 4. The first-order valence-corrected chi connectivity index (χ1v) is 7.47. The molecule has 0 aromatic heterocycles. The Labute approximate surface area is 186 Å². The number of benzene rings is 2. The van der Waals surface area contributed by atoms with Gasteiger partial charge in [-0.2, -0.15) is 0 Å². The number of hydrogen-bond acceptors (Lipinski definition) is 6.